The summed E-state index contributed by atoms with van der Waals surface area (Å²) in [4.78, 5) is 11.0. The lowest BCUT2D eigenvalue weighted by Crippen LogP contribution is -2.58. The molecule has 66 valence electrons. The topological polar surface area (TPSA) is 64.9 Å². The SMILES string of the molecule is CC1C(O)=CC=C(C([NH3+])=O)C1C. The van der Waals surface area contributed by atoms with Gasteiger partial charge < -0.3 is 5.11 Å². The fourth-order valence-electron chi connectivity index (χ4n) is 1.35. The molecule has 3 heteroatoms. The van der Waals surface area contributed by atoms with Crippen LogP contribution < -0.4 is 5.73 Å². The minimum Gasteiger partial charge on any atom is -0.512 e. The first-order chi connectivity index (χ1) is 5.54. The van der Waals surface area contributed by atoms with Crippen molar-refractivity contribution in [2.24, 2.45) is 11.8 Å². The maximum absolute atomic E-state index is 11.0. The van der Waals surface area contributed by atoms with Crippen LogP contribution in [0.5, 0.6) is 0 Å². The van der Waals surface area contributed by atoms with Gasteiger partial charge in [-0.1, -0.05) is 13.8 Å². The summed E-state index contributed by atoms with van der Waals surface area (Å²) in [5, 5.41) is 9.33. The average Bonchev–Trinajstić information content (AvgIpc) is 2.00. The fourth-order valence-corrected chi connectivity index (χ4v) is 1.35. The minimum atomic E-state index is -0.155. The molecular weight excluding hydrogens is 154 g/mol. The monoisotopic (exact) mass is 168 g/mol. The smallest absolute Gasteiger partial charge is 0.337 e. The summed E-state index contributed by atoms with van der Waals surface area (Å²) in [6.07, 6.45) is 3.22. The van der Waals surface area contributed by atoms with E-state index in [1.54, 1.807) is 12.2 Å². The molecule has 0 saturated carbocycles. The van der Waals surface area contributed by atoms with E-state index in [0.29, 0.717) is 11.3 Å². The number of hydrogen-bond acceptors (Lipinski definition) is 2. The van der Waals surface area contributed by atoms with Crippen LogP contribution in [0.3, 0.4) is 0 Å². The first-order valence-corrected chi connectivity index (χ1v) is 4.01. The quantitative estimate of drug-likeness (QED) is 0.595. The third-order valence-electron chi connectivity index (χ3n) is 2.46. The molecule has 1 amide bonds. The zero-order valence-electron chi connectivity index (χ0n) is 7.37. The van der Waals surface area contributed by atoms with Crippen LogP contribution >= 0.6 is 0 Å². The maximum atomic E-state index is 11.0. The van der Waals surface area contributed by atoms with Gasteiger partial charge in [0.15, 0.2) is 0 Å². The van der Waals surface area contributed by atoms with Crippen molar-refractivity contribution in [2.75, 3.05) is 0 Å². The van der Waals surface area contributed by atoms with Crippen molar-refractivity contribution >= 4 is 5.91 Å². The number of amides is 1. The highest BCUT2D eigenvalue weighted by molar-refractivity contribution is 5.86. The Hall–Kier alpha value is -1.09. The highest BCUT2D eigenvalue weighted by atomic mass is 16.3. The van der Waals surface area contributed by atoms with Crippen LogP contribution in [0.15, 0.2) is 23.5 Å². The predicted molar refractivity (Wildman–Crippen MR) is 45.0 cm³/mol. The number of carbonyl (C=O) groups is 1. The molecule has 0 aliphatic heterocycles. The fraction of sp³-hybridized carbons (Fsp3) is 0.444. The van der Waals surface area contributed by atoms with E-state index in [2.05, 4.69) is 5.73 Å². The van der Waals surface area contributed by atoms with Gasteiger partial charge in [0.1, 0.15) is 0 Å². The number of carbonyl (C=O) groups excluding carboxylic acids is 1. The van der Waals surface area contributed by atoms with Gasteiger partial charge in [-0.3, -0.25) is 5.73 Å². The van der Waals surface area contributed by atoms with E-state index < -0.39 is 0 Å². The molecule has 0 aromatic rings. The van der Waals surface area contributed by atoms with Crippen molar-refractivity contribution in [3.63, 3.8) is 0 Å². The van der Waals surface area contributed by atoms with Crippen LogP contribution in [0.1, 0.15) is 13.8 Å². The van der Waals surface area contributed by atoms with Gasteiger partial charge in [0.05, 0.1) is 11.3 Å². The molecule has 0 saturated heterocycles. The van der Waals surface area contributed by atoms with Gasteiger partial charge in [0.2, 0.25) is 0 Å². The van der Waals surface area contributed by atoms with Crippen LogP contribution in [0.4, 0.5) is 0 Å². The Bertz CT molecular complexity index is 266. The first kappa shape index (κ1) is 9.00. The predicted octanol–water partition coefficient (Wildman–Crippen LogP) is 0.409. The van der Waals surface area contributed by atoms with Gasteiger partial charge in [-0.2, -0.15) is 0 Å². The number of hydrogen-bond donors (Lipinski definition) is 2. The molecule has 1 aliphatic rings. The molecule has 0 aromatic heterocycles. The number of aliphatic hydroxyl groups is 1. The first-order valence-electron chi connectivity index (χ1n) is 4.01. The lowest BCUT2D eigenvalue weighted by atomic mass is 9.83. The lowest BCUT2D eigenvalue weighted by Gasteiger charge is -2.22. The summed E-state index contributed by atoms with van der Waals surface area (Å²) in [6, 6.07) is 0. The van der Waals surface area contributed by atoms with Crippen LogP contribution in [0, 0.1) is 11.8 Å². The van der Waals surface area contributed by atoms with Crippen molar-refractivity contribution in [2.45, 2.75) is 13.8 Å². The summed E-state index contributed by atoms with van der Waals surface area (Å²) in [6.45, 7) is 3.81. The van der Waals surface area contributed by atoms with Gasteiger partial charge in [0, 0.05) is 11.8 Å². The normalized spacial score (nSPS) is 29.2. The minimum absolute atomic E-state index is 0.0238. The number of rotatable bonds is 1. The Morgan fingerprint density at radius 2 is 2.00 bits per heavy atom. The second kappa shape index (κ2) is 3.11. The maximum Gasteiger partial charge on any atom is 0.337 e. The van der Waals surface area contributed by atoms with Gasteiger partial charge in [-0.25, -0.2) is 4.79 Å². The Labute approximate surface area is 71.6 Å². The largest absolute Gasteiger partial charge is 0.512 e. The van der Waals surface area contributed by atoms with Crippen molar-refractivity contribution in [1.29, 1.82) is 0 Å². The Morgan fingerprint density at radius 3 is 2.50 bits per heavy atom. The summed E-state index contributed by atoms with van der Waals surface area (Å²) < 4.78 is 0. The van der Waals surface area contributed by atoms with Crippen LogP contribution in [-0.4, -0.2) is 11.0 Å². The van der Waals surface area contributed by atoms with Gasteiger partial charge in [-0.05, 0) is 12.2 Å². The zero-order chi connectivity index (χ0) is 9.30. The molecule has 0 radical (unpaired) electrons. The Morgan fingerprint density at radius 1 is 1.42 bits per heavy atom. The molecule has 2 atom stereocenters. The van der Waals surface area contributed by atoms with E-state index in [9.17, 15) is 9.90 Å². The number of allylic oxidation sites excluding steroid dienone is 3. The van der Waals surface area contributed by atoms with Crippen molar-refractivity contribution in [3.05, 3.63) is 23.5 Å². The summed E-state index contributed by atoms with van der Waals surface area (Å²) in [5.41, 5.74) is 4.05. The molecule has 0 spiro atoms. The molecule has 0 fully saturated rings. The molecule has 0 aromatic carbocycles. The second-order valence-corrected chi connectivity index (χ2v) is 3.21. The van der Waals surface area contributed by atoms with Crippen molar-refractivity contribution in [1.82, 2.24) is 0 Å². The zero-order valence-corrected chi connectivity index (χ0v) is 7.37. The number of quaternary nitrogens is 1. The standard InChI is InChI=1S/C9H13NO2/c1-5-6(2)8(11)4-3-7(5)9(10)12/h3-6,11H,1-2H3,(H2,10,12)/p+1. The third-order valence-corrected chi connectivity index (χ3v) is 2.46. The van der Waals surface area contributed by atoms with E-state index in [-0.39, 0.29) is 17.7 Å². The molecule has 1 rings (SSSR count). The van der Waals surface area contributed by atoms with E-state index in [1.165, 1.54) is 0 Å². The molecular formula is C9H14NO2+. The summed E-state index contributed by atoms with van der Waals surface area (Å²) in [7, 11) is 0. The van der Waals surface area contributed by atoms with Gasteiger partial charge in [0.25, 0.3) is 0 Å². The summed E-state index contributed by atoms with van der Waals surface area (Å²) in [5.74, 6) is 0.279. The van der Waals surface area contributed by atoms with E-state index in [4.69, 9.17) is 0 Å². The third kappa shape index (κ3) is 1.41. The highest BCUT2D eigenvalue weighted by Gasteiger charge is 2.27. The van der Waals surface area contributed by atoms with Crippen molar-refractivity contribution < 1.29 is 15.6 Å². The molecule has 0 bridgehead atoms. The van der Waals surface area contributed by atoms with Gasteiger partial charge in [-0.15, -0.1) is 0 Å². The second-order valence-electron chi connectivity index (χ2n) is 3.21. The molecule has 0 heterocycles. The summed E-state index contributed by atoms with van der Waals surface area (Å²) >= 11 is 0. The van der Waals surface area contributed by atoms with Crippen molar-refractivity contribution in [3.8, 4) is 0 Å². The van der Waals surface area contributed by atoms with Crippen LogP contribution in [-0.2, 0) is 4.79 Å². The van der Waals surface area contributed by atoms with Crippen LogP contribution in [0.25, 0.3) is 0 Å². The molecule has 2 unspecified atom stereocenters. The molecule has 1 aliphatic carbocycles. The Balaban J connectivity index is 2.97. The molecule has 4 N–H and O–H groups in total. The van der Waals surface area contributed by atoms with Crippen LogP contribution in [0.2, 0.25) is 0 Å². The average molecular weight is 168 g/mol. The number of aliphatic hydroxyl groups excluding tert-OH is 1. The van der Waals surface area contributed by atoms with E-state index >= 15 is 0 Å². The molecule has 3 nitrogen and oxygen atoms in total. The van der Waals surface area contributed by atoms with E-state index in [1.807, 2.05) is 13.8 Å². The van der Waals surface area contributed by atoms with Gasteiger partial charge >= 0.3 is 5.91 Å². The highest BCUT2D eigenvalue weighted by Crippen LogP contribution is 2.28. The van der Waals surface area contributed by atoms with E-state index in [0.717, 1.165) is 0 Å². The lowest BCUT2D eigenvalue weighted by molar-refractivity contribution is -0.300. The Kier molecular flexibility index (Phi) is 2.33. The molecule has 12 heavy (non-hydrogen) atoms.